The Hall–Kier alpha value is -2.58. The molecule has 3 fully saturated rings. The third kappa shape index (κ3) is 4.84. The van der Waals surface area contributed by atoms with E-state index in [1.54, 1.807) is 45.7 Å². The first kappa shape index (κ1) is 29.4. The van der Waals surface area contributed by atoms with Gasteiger partial charge in [-0.3, -0.25) is 14.4 Å². The third-order valence-corrected chi connectivity index (χ3v) is 11.2. The van der Waals surface area contributed by atoms with E-state index in [-0.39, 0.29) is 30.2 Å². The van der Waals surface area contributed by atoms with Crippen molar-refractivity contribution in [1.29, 1.82) is 0 Å². The summed E-state index contributed by atoms with van der Waals surface area (Å²) in [4.78, 5) is 48.1. The van der Waals surface area contributed by atoms with Crippen molar-refractivity contribution in [2.24, 2.45) is 17.8 Å². The van der Waals surface area contributed by atoms with E-state index in [9.17, 15) is 19.5 Å². The molecule has 3 saturated heterocycles. The van der Waals surface area contributed by atoms with Gasteiger partial charge in [-0.2, -0.15) is 0 Å². The lowest BCUT2D eigenvalue weighted by atomic mass is 9.66. The number of hydrogen-bond acceptors (Lipinski definition) is 5. The highest BCUT2D eigenvalue weighted by Crippen LogP contribution is 2.72. The molecule has 3 aliphatic heterocycles. The molecule has 0 aromatic heterocycles. The maximum atomic E-state index is 14.7. The monoisotopic (exact) mass is 553 g/mol. The Morgan fingerprint density at radius 1 is 1.18 bits per heavy atom. The fraction of sp³-hybridized carbons (Fsp3) is 0.581. The van der Waals surface area contributed by atoms with Crippen molar-refractivity contribution in [1.82, 2.24) is 14.7 Å². The van der Waals surface area contributed by atoms with Gasteiger partial charge in [0.2, 0.25) is 17.7 Å². The largest absolute Gasteiger partial charge is 0.394 e. The molecule has 1 aromatic carbocycles. The molecule has 1 aromatic rings. The molecule has 2 bridgehead atoms. The summed E-state index contributed by atoms with van der Waals surface area (Å²) in [6.07, 6.45) is 5.59. The molecule has 1 N–H and O–H groups in total. The molecular formula is C31H43N3O4S. The van der Waals surface area contributed by atoms with Crippen molar-refractivity contribution < 1.29 is 19.5 Å². The van der Waals surface area contributed by atoms with Crippen LogP contribution in [0.25, 0.3) is 0 Å². The second-order valence-electron chi connectivity index (χ2n) is 11.6. The fourth-order valence-corrected chi connectivity index (χ4v) is 9.41. The van der Waals surface area contributed by atoms with E-state index in [0.717, 1.165) is 18.4 Å². The van der Waals surface area contributed by atoms with Crippen molar-refractivity contribution in [2.75, 3.05) is 26.7 Å². The molecule has 3 heterocycles. The van der Waals surface area contributed by atoms with Gasteiger partial charge in [-0.1, -0.05) is 62.8 Å². The molecule has 7 atom stereocenters. The molecule has 0 saturated carbocycles. The number of carbonyl (C=O) groups is 3. The van der Waals surface area contributed by atoms with E-state index in [4.69, 9.17) is 0 Å². The van der Waals surface area contributed by atoms with E-state index in [2.05, 4.69) is 20.1 Å². The number of rotatable bonds is 12. The Morgan fingerprint density at radius 2 is 1.85 bits per heavy atom. The lowest BCUT2D eigenvalue weighted by molar-refractivity contribution is -0.148. The Balaban J connectivity index is 1.82. The van der Waals surface area contributed by atoms with Crippen LogP contribution in [0.1, 0.15) is 45.6 Å². The number of fused-ring (bicyclic) bond motifs is 1. The summed E-state index contributed by atoms with van der Waals surface area (Å²) >= 11 is 1.67. The minimum atomic E-state index is -0.765. The van der Waals surface area contributed by atoms with Gasteiger partial charge in [-0.15, -0.1) is 24.9 Å². The van der Waals surface area contributed by atoms with Gasteiger partial charge in [0.1, 0.15) is 6.04 Å². The quantitative estimate of drug-likeness (QED) is 0.399. The first-order valence-electron chi connectivity index (χ1n) is 14.0. The number of carbonyl (C=O) groups excluding carboxylic acids is 3. The summed E-state index contributed by atoms with van der Waals surface area (Å²) in [5.41, 5.74) is 0.993. The summed E-state index contributed by atoms with van der Waals surface area (Å²) in [5, 5.41) is 10.6. The van der Waals surface area contributed by atoms with E-state index < -0.39 is 33.4 Å². The second-order valence-corrected chi connectivity index (χ2v) is 13.5. The summed E-state index contributed by atoms with van der Waals surface area (Å²) in [6.45, 7) is 14.7. The molecule has 4 rings (SSSR count). The van der Waals surface area contributed by atoms with Gasteiger partial charge in [0, 0.05) is 31.4 Å². The molecule has 0 aliphatic carbocycles. The first-order chi connectivity index (χ1) is 18.6. The van der Waals surface area contributed by atoms with Crippen molar-refractivity contribution in [3.8, 4) is 0 Å². The minimum Gasteiger partial charge on any atom is -0.394 e. The lowest BCUT2D eigenvalue weighted by Gasteiger charge is -2.41. The first-order valence-corrected chi connectivity index (χ1v) is 14.8. The van der Waals surface area contributed by atoms with Crippen LogP contribution in [0.2, 0.25) is 0 Å². The molecule has 3 aliphatic rings. The van der Waals surface area contributed by atoms with Crippen LogP contribution in [0.5, 0.6) is 0 Å². The van der Waals surface area contributed by atoms with Crippen molar-refractivity contribution >= 4 is 29.5 Å². The average molecular weight is 554 g/mol. The van der Waals surface area contributed by atoms with Crippen LogP contribution in [-0.2, 0) is 20.9 Å². The van der Waals surface area contributed by atoms with Gasteiger partial charge in [-0.25, -0.2) is 0 Å². The van der Waals surface area contributed by atoms with Crippen LogP contribution >= 0.6 is 11.8 Å². The Labute approximate surface area is 237 Å². The van der Waals surface area contributed by atoms with Gasteiger partial charge in [-0.05, 0) is 31.2 Å². The number of aliphatic hydroxyl groups excluding tert-OH is 1. The molecule has 39 heavy (non-hydrogen) atoms. The Morgan fingerprint density at radius 3 is 2.44 bits per heavy atom. The Kier molecular flexibility index (Phi) is 8.67. The second kappa shape index (κ2) is 11.5. The van der Waals surface area contributed by atoms with E-state index in [1.807, 2.05) is 44.2 Å². The average Bonchev–Trinajstić information content (AvgIpc) is 3.49. The van der Waals surface area contributed by atoms with Gasteiger partial charge < -0.3 is 19.8 Å². The van der Waals surface area contributed by atoms with Crippen LogP contribution in [0.15, 0.2) is 55.6 Å². The Bertz CT molecular complexity index is 1110. The molecule has 1 spiro atoms. The maximum absolute atomic E-state index is 14.7. The SMILES string of the molecule is C=CCN(C)C(=O)[C@@H]1[C@H]2C(=O)N([C@@H](CO)[C@@H](C)CC)C(C(=O)N(CC=C)Cc3ccccc3)C23CC[C@@]1(C)S3. The normalized spacial score (nSPS) is 30.5. The number of nitrogens with zero attached hydrogens (tertiary/aromatic N) is 3. The molecule has 8 heteroatoms. The lowest BCUT2D eigenvalue weighted by Crippen LogP contribution is -2.58. The van der Waals surface area contributed by atoms with Gasteiger partial charge >= 0.3 is 0 Å². The maximum Gasteiger partial charge on any atom is 0.247 e. The van der Waals surface area contributed by atoms with Crippen LogP contribution in [0.4, 0.5) is 0 Å². The minimum absolute atomic E-state index is 0.0122. The van der Waals surface area contributed by atoms with Gasteiger partial charge in [0.15, 0.2) is 0 Å². The predicted molar refractivity (Wildman–Crippen MR) is 156 cm³/mol. The number of likely N-dealkylation sites (N-methyl/N-ethyl adjacent to an activating group) is 1. The van der Waals surface area contributed by atoms with Crippen LogP contribution < -0.4 is 0 Å². The third-order valence-electron chi connectivity index (χ3n) is 9.22. The molecule has 3 amide bonds. The highest BCUT2D eigenvalue weighted by Gasteiger charge is 2.78. The van der Waals surface area contributed by atoms with Crippen LogP contribution in [0, 0.1) is 17.8 Å². The van der Waals surface area contributed by atoms with Crippen LogP contribution in [0.3, 0.4) is 0 Å². The molecule has 0 radical (unpaired) electrons. The molecule has 2 unspecified atom stereocenters. The predicted octanol–water partition coefficient (Wildman–Crippen LogP) is 3.73. The van der Waals surface area contributed by atoms with E-state index in [1.165, 1.54) is 0 Å². The molecular weight excluding hydrogens is 510 g/mol. The standard InChI is InChI=1S/C31H43N3O4S/c1-7-17-32(6)27(36)24-25-28(37)34(23(20-35)21(4)9-3)26(31(25)16-15-30(24,5)39-31)29(38)33(18-8-2)19-22-13-11-10-12-14-22/h7-8,10-14,21,23-26,35H,1-2,9,15-20H2,3-6H3/t21-,23-,24-,25-,26?,30+,31?/m0/s1. The molecule has 212 valence electrons. The summed E-state index contributed by atoms with van der Waals surface area (Å²) in [6, 6.07) is 8.53. The van der Waals surface area contributed by atoms with Crippen molar-refractivity contribution in [3.05, 3.63) is 61.2 Å². The van der Waals surface area contributed by atoms with Gasteiger partial charge in [0.25, 0.3) is 0 Å². The smallest absolute Gasteiger partial charge is 0.247 e. The van der Waals surface area contributed by atoms with E-state index in [0.29, 0.717) is 26.1 Å². The number of likely N-dealkylation sites (tertiary alicyclic amines) is 1. The number of thioether (sulfide) groups is 1. The zero-order chi connectivity index (χ0) is 28.5. The summed E-state index contributed by atoms with van der Waals surface area (Å²) in [7, 11) is 1.75. The van der Waals surface area contributed by atoms with Crippen molar-refractivity contribution in [3.63, 3.8) is 0 Å². The highest BCUT2D eigenvalue weighted by atomic mass is 32.2. The van der Waals surface area contributed by atoms with Crippen molar-refractivity contribution in [2.45, 2.75) is 68.2 Å². The zero-order valence-electron chi connectivity index (χ0n) is 23.7. The topological polar surface area (TPSA) is 81.2 Å². The highest BCUT2D eigenvalue weighted by molar-refractivity contribution is 8.02. The number of benzene rings is 1. The number of amides is 3. The zero-order valence-corrected chi connectivity index (χ0v) is 24.5. The number of hydrogen-bond donors (Lipinski definition) is 1. The summed E-state index contributed by atoms with van der Waals surface area (Å²) in [5.74, 6) is -1.55. The molecule has 7 nitrogen and oxygen atoms in total. The van der Waals surface area contributed by atoms with E-state index >= 15 is 0 Å². The number of aliphatic hydroxyl groups is 1. The van der Waals surface area contributed by atoms with Crippen LogP contribution in [-0.4, -0.2) is 85.8 Å². The fourth-order valence-electron chi connectivity index (χ4n) is 7.08. The summed E-state index contributed by atoms with van der Waals surface area (Å²) < 4.78 is -1.17. The van der Waals surface area contributed by atoms with Gasteiger partial charge in [0.05, 0.1) is 29.2 Å².